The number of benzene rings is 1. The fourth-order valence-electron chi connectivity index (χ4n) is 3.62. The van der Waals surface area contributed by atoms with Crippen molar-refractivity contribution in [2.45, 2.75) is 0 Å². The molecule has 0 spiro atoms. The third kappa shape index (κ3) is 3.08. The maximum absolute atomic E-state index is 13.5. The van der Waals surface area contributed by atoms with E-state index in [2.05, 4.69) is 10.3 Å². The van der Waals surface area contributed by atoms with E-state index < -0.39 is 0 Å². The summed E-state index contributed by atoms with van der Waals surface area (Å²) in [5.74, 6) is -0.416. The van der Waals surface area contributed by atoms with Crippen LogP contribution in [0.3, 0.4) is 0 Å². The number of halogens is 1. The van der Waals surface area contributed by atoms with Gasteiger partial charge in [0.15, 0.2) is 0 Å². The molecule has 1 aliphatic rings. The molecular formula is C24H17FN4O. The molecule has 0 atom stereocenters. The zero-order valence-electron chi connectivity index (χ0n) is 15.9. The number of allylic oxidation sites excluding steroid dienone is 2. The zero-order valence-corrected chi connectivity index (χ0v) is 15.9. The van der Waals surface area contributed by atoms with Gasteiger partial charge in [-0.15, -0.1) is 0 Å². The van der Waals surface area contributed by atoms with Gasteiger partial charge in [-0.25, -0.2) is 8.91 Å². The average Bonchev–Trinajstić information content (AvgIpc) is 3.20. The van der Waals surface area contributed by atoms with Gasteiger partial charge in [0.1, 0.15) is 17.2 Å². The summed E-state index contributed by atoms with van der Waals surface area (Å²) in [4.78, 5) is 17.3. The quantitative estimate of drug-likeness (QED) is 0.519. The number of hydrogen-bond donors (Lipinski definition) is 1. The summed E-state index contributed by atoms with van der Waals surface area (Å²) in [6, 6.07) is 15.6. The van der Waals surface area contributed by atoms with Crippen LogP contribution in [-0.2, 0) is 0 Å². The molecule has 0 aliphatic carbocycles. The smallest absolute Gasteiger partial charge is 0.211 e. The van der Waals surface area contributed by atoms with E-state index in [0.29, 0.717) is 23.5 Å². The molecule has 0 bridgehead atoms. The average molecular weight is 396 g/mol. The second kappa shape index (κ2) is 7.40. The SMILES string of the molecule is O=C(C1=CCNC=C1)c1cccc2c(-c3ccncc3)c(-c3ccc(F)cc3)nn12. The van der Waals surface area contributed by atoms with Crippen LogP contribution in [0.25, 0.3) is 27.9 Å². The number of carbonyl (C=O) groups excluding carboxylic acids is 1. The number of dihydropyridines is 1. The molecule has 6 heteroatoms. The minimum absolute atomic E-state index is 0.104. The minimum Gasteiger partial charge on any atom is -0.387 e. The number of pyridine rings is 2. The molecule has 3 aromatic heterocycles. The van der Waals surface area contributed by atoms with Crippen molar-refractivity contribution in [3.05, 3.63) is 102 Å². The van der Waals surface area contributed by atoms with Crippen LogP contribution in [0.2, 0.25) is 0 Å². The Morgan fingerprint density at radius 3 is 2.53 bits per heavy atom. The first-order valence-electron chi connectivity index (χ1n) is 9.55. The van der Waals surface area contributed by atoms with Crippen molar-refractivity contribution in [3.63, 3.8) is 0 Å². The standard InChI is InChI=1S/C24H17FN4O/c25-19-6-4-17(5-7-19)23-22(16-8-12-26-13-9-16)20-2-1-3-21(29(20)28-23)24(30)18-10-14-27-15-11-18/h1-14,27H,15H2. The summed E-state index contributed by atoms with van der Waals surface area (Å²) in [7, 11) is 0. The molecule has 0 radical (unpaired) electrons. The number of ketones is 1. The number of Topliss-reactive ketones (excluding diaryl/α,β-unsaturated/α-hetero) is 1. The minimum atomic E-state index is -0.312. The van der Waals surface area contributed by atoms with Crippen molar-refractivity contribution < 1.29 is 9.18 Å². The van der Waals surface area contributed by atoms with Gasteiger partial charge in [0.2, 0.25) is 5.78 Å². The van der Waals surface area contributed by atoms with Crippen LogP contribution in [0.1, 0.15) is 10.5 Å². The number of nitrogens with one attached hydrogen (secondary N) is 1. The third-order valence-electron chi connectivity index (χ3n) is 5.06. The van der Waals surface area contributed by atoms with Crippen molar-refractivity contribution in [3.8, 4) is 22.4 Å². The molecule has 146 valence electrons. The molecule has 0 saturated heterocycles. The molecule has 5 rings (SSSR count). The predicted molar refractivity (Wildman–Crippen MR) is 113 cm³/mol. The Labute approximate surface area is 172 Å². The Morgan fingerprint density at radius 2 is 1.80 bits per heavy atom. The van der Waals surface area contributed by atoms with E-state index in [9.17, 15) is 9.18 Å². The van der Waals surface area contributed by atoms with Crippen LogP contribution in [-0.4, -0.2) is 26.9 Å². The van der Waals surface area contributed by atoms with E-state index >= 15 is 0 Å². The van der Waals surface area contributed by atoms with Crippen molar-refractivity contribution in [1.82, 2.24) is 19.9 Å². The highest BCUT2D eigenvalue weighted by molar-refractivity contribution is 6.10. The Kier molecular flexibility index (Phi) is 4.44. The Balaban J connectivity index is 1.77. The summed E-state index contributed by atoms with van der Waals surface area (Å²) >= 11 is 0. The highest BCUT2D eigenvalue weighted by atomic mass is 19.1. The maximum Gasteiger partial charge on any atom is 0.211 e. The first-order chi connectivity index (χ1) is 14.7. The number of rotatable bonds is 4. The van der Waals surface area contributed by atoms with Gasteiger partial charge in [-0.2, -0.15) is 5.10 Å². The fraction of sp³-hybridized carbons (Fsp3) is 0.0417. The number of aromatic nitrogens is 3. The first-order valence-corrected chi connectivity index (χ1v) is 9.55. The van der Waals surface area contributed by atoms with E-state index in [0.717, 1.165) is 22.2 Å². The van der Waals surface area contributed by atoms with Crippen LogP contribution in [0.5, 0.6) is 0 Å². The molecular weight excluding hydrogens is 379 g/mol. The largest absolute Gasteiger partial charge is 0.387 e. The molecule has 4 aromatic rings. The lowest BCUT2D eigenvalue weighted by molar-refractivity contribution is 0.103. The number of carbonyl (C=O) groups is 1. The fourth-order valence-corrected chi connectivity index (χ4v) is 3.62. The molecule has 0 fully saturated rings. The predicted octanol–water partition coefficient (Wildman–Crippen LogP) is 4.43. The van der Waals surface area contributed by atoms with E-state index in [1.165, 1.54) is 12.1 Å². The van der Waals surface area contributed by atoms with Gasteiger partial charge in [0.05, 0.1) is 5.52 Å². The lowest BCUT2D eigenvalue weighted by Crippen LogP contribution is -2.15. The highest BCUT2D eigenvalue weighted by Crippen LogP contribution is 2.35. The molecule has 0 amide bonds. The normalized spacial score (nSPS) is 13.2. The van der Waals surface area contributed by atoms with Crippen molar-refractivity contribution in [2.75, 3.05) is 6.54 Å². The summed E-state index contributed by atoms with van der Waals surface area (Å²) in [5.41, 5.74) is 5.12. The zero-order chi connectivity index (χ0) is 20.5. The van der Waals surface area contributed by atoms with Crippen LogP contribution >= 0.6 is 0 Å². The van der Waals surface area contributed by atoms with Crippen LogP contribution in [0, 0.1) is 5.82 Å². The number of nitrogens with zero attached hydrogens (tertiary/aromatic N) is 3. The lowest BCUT2D eigenvalue weighted by atomic mass is 10.00. The second-order valence-corrected chi connectivity index (χ2v) is 6.90. The van der Waals surface area contributed by atoms with Gasteiger partial charge in [-0.05, 0) is 66.4 Å². The van der Waals surface area contributed by atoms with Crippen molar-refractivity contribution in [1.29, 1.82) is 0 Å². The topological polar surface area (TPSA) is 59.3 Å². The molecule has 0 saturated carbocycles. The Morgan fingerprint density at radius 1 is 1.00 bits per heavy atom. The van der Waals surface area contributed by atoms with E-state index in [4.69, 9.17) is 5.10 Å². The molecule has 1 aliphatic heterocycles. The Bertz CT molecular complexity index is 1300. The molecule has 4 heterocycles. The monoisotopic (exact) mass is 396 g/mol. The Hall–Kier alpha value is -4.06. The molecule has 30 heavy (non-hydrogen) atoms. The first kappa shape index (κ1) is 18.0. The third-order valence-corrected chi connectivity index (χ3v) is 5.06. The lowest BCUT2D eigenvalue weighted by Gasteiger charge is -2.09. The van der Waals surface area contributed by atoms with Crippen LogP contribution in [0.4, 0.5) is 4.39 Å². The van der Waals surface area contributed by atoms with Crippen molar-refractivity contribution in [2.24, 2.45) is 0 Å². The van der Waals surface area contributed by atoms with E-state index in [-0.39, 0.29) is 11.6 Å². The molecule has 0 unspecified atom stereocenters. The number of hydrogen-bond acceptors (Lipinski definition) is 4. The van der Waals surface area contributed by atoms with E-state index in [1.807, 2.05) is 30.3 Å². The van der Waals surface area contributed by atoms with Gasteiger partial charge in [-0.3, -0.25) is 9.78 Å². The van der Waals surface area contributed by atoms with Gasteiger partial charge < -0.3 is 5.32 Å². The van der Waals surface area contributed by atoms with E-state index in [1.54, 1.807) is 47.4 Å². The maximum atomic E-state index is 13.5. The highest BCUT2D eigenvalue weighted by Gasteiger charge is 2.21. The van der Waals surface area contributed by atoms with Crippen LogP contribution < -0.4 is 5.32 Å². The van der Waals surface area contributed by atoms with Gasteiger partial charge >= 0.3 is 0 Å². The van der Waals surface area contributed by atoms with Gasteiger partial charge in [0.25, 0.3) is 0 Å². The summed E-state index contributed by atoms with van der Waals surface area (Å²) in [5, 5.41) is 7.84. The molecule has 1 aromatic carbocycles. The summed E-state index contributed by atoms with van der Waals surface area (Å²) < 4.78 is 15.2. The number of fused-ring (bicyclic) bond motifs is 1. The second-order valence-electron chi connectivity index (χ2n) is 6.90. The van der Waals surface area contributed by atoms with Crippen molar-refractivity contribution >= 4 is 11.3 Å². The summed E-state index contributed by atoms with van der Waals surface area (Å²) in [6.45, 7) is 0.607. The summed E-state index contributed by atoms with van der Waals surface area (Å²) in [6.07, 6.45) is 8.82. The molecule has 1 N–H and O–H groups in total. The van der Waals surface area contributed by atoms with Gasteiger partial charge in [0, 0.05) is 35.6 Å². The molecule has 5 nitrogen and oxygen atoms in total. The van der Waals surface area contributed by atoms with Gasteiger partial charge in [-0.1, -0.05) is 12.1 Å². The van der Waals surface area contributed by atoms with Crippen LogP contribution in [0.15, 0.2) is 90.9 Å².